The van der Waals surface area contributed by atoms with Crippen molar-refractivity contribution >= 4 is 40.0 Å². The zero-order valence-electron chi connectivity index (χ0n) is 20.6. The van der Waals surface area contributed by atoms with Crippen LogP contribution >= 0.6 is 11.6 Å². The second-order valence-electron chi connectivity index (χ2n) is 9.32. The molecule has 0 atom stereocenters. The number of aromatic nitrogens is 3. The minimum atomic E-state index is -1.30. The van der Waals surface area contributed by atoms with Gasteiger partial charge in [-0.15, -0.1) is 0 Å². The summed E-state index contributed by atoms with van der Waals surface area (Å²) in [6, 6.07) is 3.11. The van der Waals surface area contributed by atoms with Gasteiger partial charge in [0.05, 0.1) is 40.7 Å². The minimum absolute atomic E-state index is 0.0380. The Bertz CT molecular complexity index is 1720. The molecule has 4 aromatic rings. The third-order valence-corrected chi connectivity index (χ3v) is 7.57. The Kier molecular flexibility index (Phi) is 5.81. The molecule has 0 radical (unpaired) electrons. The number of hydrogen-bond donors (Lipinski definition) is 2. The van der Waals surface area contributed by atoms with Gasteiger partial charge in [-0.05, 0) is 23.3 Å². The van der Waals surface area contributed by atoms with Gasteiger partial charge < -0.3 is 24.6 Å². The Morgan fingerprint density at radius 1 is 1.18 bits per heavy atom. The molecule has 9 nitrogen and oxygen atoms in total. The number of carbonyl (C=O) groups is 1. The van der Waals surface area contributed by atoms with Crippen molar-refractivity contribution in [3.8, 4) is 22.3 Å². The van der Waals surface area contributed by atoms with Gasteiger partial charge in [0.25, 0.3) is 0 Å². The summed E-state index contributed by atoms with van der Waals surface area (Å²) in [6.45, 7) is 2.27. The van der Waals surface area contributed by atoms with Gasteiger partial charge in [-0.3, -0.25) is 9.78 Å². The van der Waals surface area contributed by atoms with E-state index in [1.807, 2.05) is 0 Å². The van der Waals surface area contributed by atoms with E-state index in [0.717, 1.165) is 22.5 Å². The van der Waals surface area contributed by atoms with Gasteiger partial charge in [0.1, 0.15) is 17.0 Å². The van der Waals surface area contributed by atoms with Gasteiger partial charge in [0.15, 0.2) is 0 Å². The summed E-state index contributed by atoms with van der Waals surface area (Å²) in [5.74, 6) is -1.83. The number of aromatic carboxylic acids is 1. The van der Waals surface area contributed by atoms with Crippen LogP contribution in [0.3, 0.4) is 0 Å². The molecule has 0 amide bonds. The molecule has 194 valence electrons. The Hall–Kier alpha value is -4.02. The lowest BCUT2D eigenvalue weighted by atomic mass is 9.97. The van der Waals surface area contributed by atoms with Crippen LogP contribution < -0.4 is 15.6 Å². The Labute approximate surface area is 221 Å². The lowest BCUT2D eigenvalue weighted by Crippen LogP contribution is -2.37. The van der Waals surface area contributed by atoms with Crippen LogP contribution in [0.15, 0.2) is 35.5 Å². The topological polar surface area (TPSA) is 110 Å². The highest BCUT2D eigenvalue weighted by atomic mass is 35.5. The number of fused-ring (bicyclic) bond motifs is 4. The maximum Gasteiger partial charge on any atom is 0.341 e. The summed E-state index contributed by atoms with van der Waals surface area (Å²) in [5, 5.41) is 12.8. The largest absolute Gasteiger partial charge is 0.477 e. The molecule has 1 aliphatic heterocycles. The molecule has 1 aliphatic carbocycles. The molecule has 11 heteroatoms. The summed E-state index contributed by atoms with van der Waals surface area (Å²) < 4.78 is 22.1. The first kappa shape index (κ1) is 24.3. The van der Waals surface area contributed by atoms with E-state index in [9.17, 15) is 19.1 Å². The van der Waals surface area contributed by atoms with Crippen LogP contribution in [-0.4, -0.2) is 59.0 Å². The molecule has 1 aromatic carbocycles. The number of anilines is 2. The zero-order chi connectivity index (χ0) is 26.7. The fourth-order valence-corrected chi connectivity index (χ4v) is 5.71. The zero-order valence-corrected chi connectivity index (χ0v) is 21.4. The predicted octanol–water partition coefficient (Wildman–Crippen LogP) is 3.94. The van der Waals surface area contributed by atoms with Crippen molar-refractivity contribution in [2.45, 2.75) is 6.42 Å². The number of carboxylic acids is 1. The summed E-state index contributed by atoms with van der Waals surface area (Å²) in [5.41, 5.74) is 5.28. The molecule has 3 aromatic heterocycles. The number of benzene rings is 1. The SMILES string of the molecule is CNc1c(Cl)c(F)cc2c1Cc1ncc(-c3cnc4c(c3)c(=O)c(C(=O)O)cn4C)c(N3CCOCC3)c1-2. The molecule has 4 heterocycles. The number of morpholine rings is 1. The van der Waals surface area contributed by atoms with Gasteiger partial charge in [-0.1, -0.05) is 11.6 Å². The molecule has 0 bridgehead atoms. The van der Waals surface area contributed by atoms with Crippen molar-refractivity contribution in [1.82, 2.24) is 14.5 Å². The van der Waals surface area contributed by atoms with Gasteiger partial charge in [0, 0.05) is 68.9 Å². The first-order valence-electron chi connectivity index (χ1n) is 12.1. The molecule has 1 saturated heterocycles. The molecule has 38 heavy (non-hydrogen) atoms. The number of ether oxygens (including phenoxy) is 1. The highest BCUT2D eigenvalue weighted by molar-refractivity contribution is 6.34. The van der Waals surface area contributed by atoms with E-state index in [-0.39, 0.29) is 16.0 Å². The van der Waals surface area contributed by atoms with E-state index in [0.29, 0.717) is 60.7 Å². The number of carboxylic acid groups (broad SMARTS) is 1. The lowest BCUT2D eigenvalue weighted by molar-refractivity contribution is 0.0695. The highest BCUT2D eigenvalue weighted by Gasteiger charge is 2.32. The van der Waals surface area contributed by atoms with E-state index < -0.39 is 17.2 Å². The predicted molar refractivity (Wildman–Crippen MR) is 143 cm³/mol. The maximum atomic E-state index is 15.0. The average Bonchev–Trinajstić information content (AvgIpc) is 3.28. The van der Waals surface area contributed by atoms with Gasteiger partial charge in [-0.25, -0.2) is 14.2 Å². The standard InChI is InChI=1S/C27H23ClFN5O4/c1-30-23-15-9-20-21(14(15)8-19(29)22(23)28)24(34-3-5-38-6-4-34)17(11-31-20)13-7-16-25(35)18(27(36)37)12-33(2)26(16)32-10-13/h7-8,10-12,30H,3-6,9H2,1-2H3,(H,36,37). The molecule has 1 fully saturated rings. The molecule has 2 N–H and O–H groups in total. The summed E-state index contributed by atoms with van der Waals surface area (Å²) >= 11 is 6.29. The quantitative estimate of drug-likeness (QED) is 0.356. The number of hydrogen-bond acceptors (Lipinski definition) is 7. The first-order chi connectivity index (χ1) is 18.3. The molecular formula is C27H23ClFN5O4. The van der Waals surface area contributed by atoms with E-state index in [1.165, 1.54) is 16.8 Å². The van der Waals surface area contributed by atoms with Crippen LogP contribution in [-0.2, 0) is 18.2 Å². The minimum Gasteiger partial charge on any atom is -0.477 e. The third kappa shape index (κ3) is 3.63. The summed E-state index contributed by atoms with van der Waals surface area (Å²) in [6.07, 6.45) is 5.14. The second kappa shape index (κ2) is 9.07. The fourth-order valence-electron chi connectivity index (χ4n) is 5.45. The molecule has 2 aliphatic rings. The maximum absolute atomic E-state index is 15.0. The molecule has 0 spiro atoms. The van der Waals surface area contributed by atoms with E-state index >= 15 is 0 Å². The Morgan fingerprint density at radius 2 is 1.95 bits per heavy atom. The first-order valence-corrected chi connectivity index (χ1v) is 12.4. The summed E-state index contributed by atoms with van der Waals surface area (Å²) in [7, 11) is 3.35. The van der Waals surface area contributed by atoms with Crippen molar-refractivity contribution in [2.24, 2.45) is 7.05 Å². The molecule has 0 unspecified atom stereocenters. The van der Waals surface area contributed by atoms with Crippen LogP contribution in [0.2, 0.25) is 5.02 Å². The fraction of sp³-hybridized carbons (Fsp3) is 0.259. The summed E-state index contributed by atoms with van der Waals surface area (Å²) in [4.78, 5) is 36.2. The number of aryl methyl sites for hydroxylation is 1. The number of halogens is 2. The second-order valence-corrected chi connectivity index (χ2v) is 9.70. The number of pyridine rings is 3. The van der Waals surface area contributed by atoms with Gasteiger partial charge in [-0.2, -0.15) is 0 Å². The molecule has 0 saturated carbocycles. The van der Waals surface area contributed by atoms with Crippen LogP contribution in [0.4, 0.5) is 15.8 Å². The number of rotatable bonds is 4. The monoisotopic (exact) mass is 535 g/mol. The van der Waals surface area contributed by atoms with E-state index in [2.05, 4.69) is 15.2 Å². The normalized spacial score (nSPS) is 14.5. The lowest BCUT2D eigenvalue weighted by Gasteiger charge is -2.32. The van der Waals surface area contributed by atoms with E-state index in [4.69, 9.17) is 21.3 Å². The van der Waals surface area contributed by atoms with Crippen molar-refractivity contribution in [3.05, 3.63) is 68.6 Å². The number of nitrogens with zero attached hydrogens (tertiary/aromatic N) is 4. The van der Waals surface area contributed by atoms with Gasteiger partial charge >= 0.3 is 5.97 Å². The van der Waals surface area contributed by atoms with Crippen LogP contribution in [0.5, 0.6) is 0 Å². The van der Waals surface area contributed by atoms with Crippen LogP contribution in [0.1, 0.15) is 21.6 Å². The van der Waals surface area contributed by atoms with Crippen LogP contribution in [0, 0.1) is 5.82 Å². The van der Waals surface area contributed by atoms with Crippen molar-refractivity contribution in [3.63, 3.8) is 0 Å². The molecular weight excluding hydrogens is 513 g/mol. The van der Waals surface area contributed by atoms with Crippen LogP contribution in [0.25, 0.3) is 33.3 Å². The molecule has 6 rings (SSSR count). The number of nitrogens with one attached hydrogen (secondary N) is 1. The van der Waals surface area contributed by atoms with Crippen molar-refractivity contribution in [2.75, 3.05) is 43.6 Å². The highest BCUT2D eigenvalue weighted by Crippen LogP contribution is 2.50. The van der Waals surface area contributed by atoms with E-state index in [1.54, 1.807) is 32.6 Å². The van der Waals surface area contributed by atoms with Crippen molar-refractivity contribution in [1.29, 1.82) is 0 Å². The Balaban J connectivity index is 1.64. The Morgan fingerprint density at radius 3 is 2.66 bits per heavy atom. The smallest absolute Gasteiger partial charge is 0.341 e. The van der Waals surface area contributed by atoms with Gasteiger partial charge in [0.2, 0.25) is 5.43 Å². The average molecular weight is 536 g/mol. The van der Waals surface area contributed by atoms with Crippen molar-refractivity contribution < 1.29 is 19.0 Å². The third-order valence-electron chi connectivity index (χ3n) is 7.20.